The molecule has 1 aliphatic heterocycles. The van der Waals surface area contributed by atoms with Crippen molar-refractivity contribution in [2.75, 3.05) is 39.3 Å². The lowest BCUT2D eigenvalue weighted by molar-refractivity contribution is -0.122. The summed E-state index contributed by atoms with van der Waals surface area (Å²) in [7, 11) is -3.42. The van der Waals surface area contributed by atoms with Crippen LogP contribution in [0.5, 0.6) is 0 Å². The molecule has 1 saturated carbocycles. The molecule has 3 rings (SSSR count). The Hall–Kier alpha value is -1.44. The third-order valence-corrected chi connectivity index (χ3v) is 7.85. The summed E-state index contributed by atoms with van der Waals surface area (Å²) < 4.78 is 27.1. The van der Waals surface area contributed by atoms with Gasteiger partial charge in [-0.25, -0.2) is 8.42 Å². The first kappa shape index (κ1) is 21.3. The number of amides is 1. The highest BCUT2D eigenvalue weighted by Crippen LogP contribution is 2.26. The first-order valence-electron chi connectivity index (χ1n) is 10.5. The Morgan fingerprint density at radius 3 is 2.32 bits per heavy atom. The molecule has 0 spiro atoms. The van der Waals surface area contributed by atoms with Gasteiger partial charge in [0.25, 0.3) is 0 Å². The van der Waals surface area contributed by atoms with Crippen molar-refractivity contribution in [2.24, 2.45) is 5.92 Å². The van der Waals surface area contributed by atoms with Crippen molar-refractivity contribution < 1.29 is 13.2 Å². The standard InChI is InChI=1S/C21H33N3O3S/c1-18-7-9-20(10-8-18)28(26,27)24-15-13-23(14-16-24)12-11-22-21(25)17-19-5-3-2-4-6-19/h7-10,19H,2-6,11-17H2,1H3,(H,22,25). The SMILES string of the molecule is Cc1ccc(S(=O)(=O)N2CCN(CCNC(=O)CC3CCCCC3)CC2)cc1. The van der Waals surface area contributed by atoms with Gasteiger partial charge in [-0.15, -0.1) is 0 Å². The van der Waals surface area contributed by atoms with Gasteiger partial charge in [-0.1, -0.05) is 37.0 Å². The van der Waals surface area contributed by atoms with E-state index in [0.717, 1.165) is 12.1 Å². The summed E-state index contributed by atoms with van der Waals surface area (Å²) in [6.07, 6.45) is 6.85. The van der Waals surface area contributed by atoms with Crippen LogP contribution in [0.1, 0.15) is 44.1 Å². The third kappa shape index (κ3) is 5.78. The minimum absolute atomic E-state index is 0.160. The molecule has 7 heteroatoms. The molecule has 1 aliphatic carbocycles. The first-order chi connectivity index (χ1) is 13.4. The van der Waals surface area contributed by atoms with Crippen molar-refractivity contribution in [1.29, 1.82) is 0 Å². The van der Waals surface area contributed by atoms with Crippen molar-refractivity contribution in [3.05, 3.63) is 29.8 Å². The molecule has 0 bridgehead atoms. The van der Waals surface area contributed by atoms with Gasteiger partial charge in [-0.2, -0.15) is 4.31 Å². The smallest absolute Gasteiger partial charge is 0.243 e. The van der Waals surface area contributed by atoms with Gasteiger partial charge < -0.3 is 5.32 Å². The topological polar surface area (TPSA) is 69.7 Å². The number of hydrogen-bond donors (Lipinski definition) is 1. The minimum atomic E-state index is -3.42. The van der Waals surface area contributed by atoms with E-state index in [4.69, 9.17) is 0 Å². The van der Waals surface area contributed by atoms with Crippen LogP contribution in [0.2, 0.25) is 0 Å². The molecule has 1 aromatic rings. The number of benzene rings is 1. The number of rotatable bonds is 7. The normalized spacial score (nSPS) is 20.2. The molecule has 1 N–H and O–H groups in total. The van der Waals surface area contributed by atoms with Gasteiger partial charge in [0.1, 0.15) is 0 Å². The summed E-state index contributed by atoms with van der Waals surface area (Å²) in [5, 5.41) is 3.04. The van der Waals surface area contributed by atoms with Crippen LogP contribution in [0.25, 0.3) is 0 Å². The Labute approximate surface area is 169 Å². The lowest BCUT2D eigenvalue weighted by atomic mass is 9.87. The van der Waals surface area contributed by atoms with Crippen LogP contribution >= 0.6 is 0 Å². The fourth-order valence-corrected chi connectivity index (χ4v) is 5.55. The molecule has 0 unspecified atom stereocenters. The Bertz CT molecular complexity index is 735. The average Bonchev–Trinajstić information content (AvgIpc) is 2.69. The number of piperazine rings is 1. The van der Waals surface area contributed by atoms with E-state index in [-0.39, 0.29) is 5.91 Å². The lowest BCUT2D eigenvalue weighted by Gasteiger charge is -2.34. The van der Waals surface area contributed by atoms with Gasteiger partial charge in [0.2, 0.25) is 15.9 Å². The van der Waals surface area contributed by atoms with E-state index >= 15 is 0 Å². The van der Waals surface area contributed by atoms with Gasteiger partial charge >= 0.3 is 0 Å². The second-order valence-electron chi connectivity index (χ2n) is 8.12. The number of carbonyl (C=O) groups excluding carboxylic acids is 1. The highest BCUT2D eigenvalue weighted by atomic mass is 32.2. The highest BCUT2D eigenvalue weighted by molar-refractivity contribution is 7.89. The van der Waals surface area contributed by atoms with E-state index in [1.807, 2.05) is 19.1 Å². The first-order valence-corrected chi connectivity index (χ1v) is 11.9. The Morgan fingerprint density at radius 2 is 1.68 bits per heavy atom. The largest absolute Gasteiger partial charge is 0.355 e. The average molecular weight is 408 g/mol. The van der Waals surface area contributed by atoms with Gasteiger partial charge in [0.05, 0.1) is 4.90 Å². The van der Waals surface area contributed by atoms with E-state index < -0.39 is 10.0 Å². The van der Waals surface area contributed by atoms with Crippen LogP contribution in [-0.4, -0.2) is 62.8 Å². The molecule has 0 radical (unpaired) electrons. The van der Waals surface area contributed by atoms with E-state index in [2.05, 4.69) is 10.2 Å². The third-order valence-electron chi connectivity index (χ3n) is 5.94. The van der Waals surface area contributed by atoms with Crippen LogP contribution in [0.4, 0.5) is 0 Å². The highest BCUT2D eigenvalue weighted by Gasteiger charge is 2.28. The molecule has 1 amide bonds. The number of carbonyl (C=O) groups is 1. The maximum absolute atomic E-state index is 12.7. The van der Waals surface area contributed by atoms with Gasteiger partial charge in [-0.05, 0) is 37.8 Å². The molecule has 156 valence electrons. The van der Waals surface area contributed by atoms with E-state index in [1.54, 1.807) is 16.4 Å². The van der Waals surface area contributed by atoms with Crippen molar-refractivity contribution in [2.45, 2.75) is 50.3 Å². The maximum Gasteiger partial charge on any atom is 0.243 e. The second kappa shape index (κ2) is 9.85. The lowest BCUT2D eigenvalue weighted by Crippen LogP contribution is -2.50. The monoisotopic (exact) mass is 407 g/mol. The van der Waals surface area contributed by atoms with Crippen molar-refractivity contribution in [3.63, 3.8) is 0 Å². The van der Waals surface area contributed by atoms with Gasteiger partial charge in [0, 0.05) is 45.7 Å². The minimum Gasteiger partial charge on any atom is -0.355 e. The summed E-state index contributed by atoms with van der Waals surface area (Å²) in [6.45, 7) is 5.74. The summed E-state index contributed by atoms with van der Waals surface area (Å²) >= 11 is 0. The Morgan fingerprint density at radius 1 is 1.04 bits per heavy atom. The van der Waals surface area contributed by atoms with E-state index in [1.165, 1.54) is 32.1 Å². The molecular weight excluding hydrogens is 374 g/mol. The summed E-state index contributed by atoms with van der Waals surface area (Å²) in [4.78, 5) is 14.7. The van der Waals surface area contributed by atoms with Gasteiger partial charge in [-0.3, -0.25) is 9.69 Å². The van der Waals surface area contributed by atoms with Crippen molar-refractivity contribution >= 4 is 15.9 Å². The summed E-state index contributed by atoms with van der Waals surface area (Å²) in [5.74, 6) is 0.719. The summed E-state index contributed by atoms with van der Waals surface area (Å²) in [5.41, 5.74) is 1.05. The molecule has 1 heterocycles. The molecule has 2 fully saturated rings. The zero-order chi connectivity index (χ0) is 20.0. The number of sulfonamides is 1. The molecule has 28 heavy (non-hydrogen) atoms. The molecule has 0 atom stereocenters. The van der Waals surface area contributed by atoms with Crippen LogP contribution in [0, 0.1) is 12.8 Å². The molecule has 6 nitrogen and oxygen atoms in total. The fraction of sp³-hybridized carbons (Fsp3) is 0.667. The molecule has 1 aromatic carbocycles. The molecule has 2 aliphatic rings. The number of nitrogens with zero attached hydrogens (tertiary/aromatic N) is 2. The fourth-order valence-electron chi connectivity index (χ4n) is 4.13. The number of nitrogens with one attached hydrogen (secondary N) is 1. The molecular formula is C21H33N3O3S. The second-order valence-corrected chi connectivity index (χ2v) is 10.1. The number of aryl methyl sites for hydroxylation is 1. The predicted molar refractivity (Wildman–Crippen MR) is 111 cm³/mol. The van der Waals surface area contributed by atoms with Gasteiger partial charge in [0.15, 0.2) is 0 Å². The van der Waals surface area contributed by atoms with Crippen molar-refractivity contribution in [1.82, 2.24) is 14.5 Å². The molecule has 0 aromatic heterocycles. The quantitative estimate of drug-likeness (QED) is 0.753. The van der Waals surface area contributed by atoms with Crippen LogP contribution in [0.3, 0.4) is 0 Å². The zero-order valence-electron chi connectivity index (χ0n) is 16.9. The zero-order valence-corrected chi connectivity index (χ0v) is 17.7. The van der Waals surface area contributed by atoms with Crippen LogP contribution < -0.4 is 5.32 Å². The maximum atomic E-state index is 12.7. The van der Waals surface area contributed by atoms with E-state index in [9.17, 15) is 13.2 Å². The Balaban J connectivity index is 1.38. The predicted octanol–water partition coefficient (Wildman–Crippen LogP) is 2.39. The Kier molecular flexibility index (Phi) is 7.48. The van der Waals surface area contributed by atoms with Crippen LogP contribution in [-0.2, 0) is 14.8 Å². The van der Waals surface area contributed by atoms with Crippen LogP contribution in [0.15, 0.2) is 29.2 Å². The van der Waals surface area contributed by atoms with E-state index in [0.29, 0.717) is 50.0 Å². The molecule has 1 saturated heterocycles. The summed E-state index contributed by atoms with van der Waals surface area (Å²) in [6, 6.07) is 7.02. The van der Waals surface area contributed by atoms with Crippen molar-refractivity contribution in [3.8, 4) is 0 Å². The number of hydrogen-bond acceptors (Lipinski definition) is 4.